The highest BCUT2D eigenvalue weighted by Gasteiger charge is 2.04. The monoisotopic (exact) mass is 162 g/mol. The van der Waals surface area contributed by atoms with Crippen LogP contribution in [0.1, 0.15) is 0 Å². The molecule has 1 aromatic carbocycles. The Balaban J connectivity index is 3.28. The van der Waals surface area contributed by atoms with Crippen LogP contribution in [0.4, 0.5) is 8.78 Å². The van der Waals surface area contributed by atoms with Gasteiger partial charge in [-0.3, -0.25) is 0 Å². The highest BCUT2D eigenvalue weighted by molar-refractivity contribution is 7.80. The molecule has 0 fully saturated rings. The third-order valence-corrected chi connectivity index (χ3v) is 1.36. The van der Waals surface area contributed by atoms with Gasteiger partial charge in [-0.15, -0.1) is 12.6 Å². The molecule has 10 heavy (non-hydrogen) atoms. The minimum atomic E-state index is -0.977. The Morgan fingerprint density at radius 3 is 2.30 bits per heavy atom. The third-order valence-electron chi connectivity index (χ3n) is 1.02. The van der Waals surface area contributed by atoms with Gasteiger partial charge in [-0.25, -0.2) is 8.78 Å². The van der Waals surface area contributed by atoms with Gasteiger partial charge in [-0.1, -0.05) is 0 Å². The molecule has 0 aliphatic heterocycles. The second kappa shape index (κ2) is 2.46. The zero-order valence-electron chi connectivity index (χ0n) is 4.81. The van der Waals surface area contributed by atoms with Crippen LogP contribution in [0.15, 0.2) is 17.0 Å². The first-order chi connectivity index (χ1) is 4.61. The highest BCUT2D eigenvalue weighted by atomic mass is 32.1. The second-order valence-corrected chi connectivity index (χ2v) is 2.24. The summed E-state index contributed by atoms with van der Waals surface area (Å²) in [6, 6.07) is 1.49. The molecule has 4 heteroatoms. The van der Waals surface area contributed by atoms with Gasteiger partial charge in [0.2, 0.25) is 0 Å². The summed E-state index contributed by atoms with van der Waals surface area (Å²) in [4.78, 5) is -0.0705. The van der Waals surface area contributed by atoms with Gasteiger partial charge < -0.3 is 5.11 Å². The zero-order chi connectivity index (χ0) is 7.72. The summed E-state index contributed by atoms with van der Waals surface area (Å²) >= 11 is 3.61. The Bertz CT molecular complexity index is 212. The van der Waals surface area contributed by atoms with Crippen molar-refractivity contribution < 1.29 is 13.9 Å². The van der Waals surface area contributed by atoms with Crippen LogP contribution in [0.3, 0.4) is 0 Å². The van der Waals surface area contributed by atoms with Crippen LogP contribution in [0.25, 0.3) is 0 Å². The normalized spacial score (nSPS) is 9.90. The van der Waals surface area contributed by atoms with E-state index in [0.29, 0.717) is 6.07 Å². The average molecular weight is 162 g/mol. The molecule has 0 aliphatic carbocycles. The van der Waals surface area contributed by atoms with Crippen molar-refractivity contribution in [1.82, 2.24) is 0 Å². The molecule has 0 atom stereocenters. The Kier molecular flexibility index (Phi) is 1.80. The minimum absolute atomic E-state index is 0.0705. The van der Waals surface area contributed by atoms with E-state index < -0.39 is 17.4 Å². The van der Waals surface area contributed by atoms with Crippen LogP contribution in [0, 0.1) is 11.6 Å². The molecule has 0 aromatic heterocycles. The van der Waals surface area contributed by atoms with E-state index >= 15 is 0 Å². The summed E-state index contributed by atoms with van der Waals surface area (Å²) in [5, 5.41) is 8.63. The van der Waals surface area contributed by atoms with Gasteiger partial charge in [0.1, 0.15) is 5.82 Å². The van der Waals surface area contributed by atoms with Crippen LogP contribution in [0.5, 0.6) is 5.75 Å². The van der Waals surface area contributed by atoms with Crippen molar-refractivity contribution in [3.63, 3.8) is 0 Å². The molecule has 0 amide bonds. The molecule has 1 rings (SSSR count). The Labute approximate surface area is 61.7 Å². The van der Waals surface area contributed by atoms with Gasteiger partial charge in [-0.2, -0.15) is 0 Å². The van der Waals surface area contributed by atoms with Crippen molar-refractivity contribution in [2.75, 3.05) is 0 Å². The van der Waals surface area contributed by atoms with Crippen molar-refractivity contribution in [1.29, 1.82) is 0 Å². The smallest absolute Gasteiger partial charge is 0.167 e. The van der Waals surface area contributed by atoms with E-state index in [1.165, 1.54) is 0 Å². The van der Waals surface area contributed by atoms with E-state index in [1.54, 1.807) is 0 Å². The number of aromatic hydroxyl groups is 1. The maximum absolute atomic E-state index is 12.3. The predicted octanol–water partition coefficient (Wildman–Crippen LogP) is 1.96. The number of rotatable bonds is 0. The standard InChI is InChI=1S/C6H4F2OS/c7-3-1-4(8)6(10)2-5(3)9/h1-2,9-10H. The fourth-order valence-corrected chi connectivity index (χ4v) is 0.713. The molecule has 1 N–H and O–H groups in total. The van der Waals surface area contributed by atoms with E-state index in [9.17, 15) is 8.78 Å². The topological polar surface area (TPSA) is 20.2 Å². The van der Waals surface area contributed by atoms with E-state index in [0.717, 1.165) is 6.07 Å². The van der Waals surface area contributed by atoms with Crippen molar-refractivity contribution in [3.05, 3.63) is 23.8 Å². The number of hydrogen-bond acceptors (Lipinski definition) is 2. The molecule has 0 spiro atoms. The van der Waals surface area contributed by atoms with Gasteiger partial charge >= 0.3 is 0 Å². The molecule has 0 saturated heterocycles. The maximum atomic E-state index is 12.3. The molecule has 54 valence electrons. The fraction of sp³-hybridized carbons (Fsp3) is 0. The van der Waals surface area contributed by atoms with Crippen LogP contribution < -0.4 is 0 Å². The quantitative estimate of drug-likeness (QED) is 0.559. The molecule has 0 bridgehead atoms. The first-order valence-corrected chi connectivity index (χ1v) is 2.93. The minimum Gasteiger partial charge on any atom is -0.505 e. The van der Waals surface area contributed by atoms with Gasteiger partial charge in [0.25, 0.3) is 0 Å². The summed E-state index contributed by atoms with van der Waals surface area (Å²) in [5.41, 5.74) is 0. The second-order valence-electron chi connectivity index (χ2n) is 1.76. The lowest BCUT2D eigenvalue weighted by Crippen LogP contribution is -1.81. The molecule has 1 aromatic rings. The maximum Gasteiger partial charge on any atom is 0.167 e. The third kappa shape index (κ3) is 1.21. The summed E-state index contributed by atoms with van der Waals surface area (Å²) in [6.45, 7) is 0. The van der Waals surface area contributed by atoms with Crippen molar-refractivity contribution >= 4 is 12.6 Å². The number of phenolic OH excluding ortho intramolecular Hbond substituents is 1. The summed E-state index contributed by atoms with van der Waals surface area (Å²) in [6.07, 6.45) is 0. The zero-order valence-corrected chi connectivity index (χ0v) is 5.70. The van der Waals surface area contributed by atoms with Crippen LogP contribution >= 0.6 is 12.6 Å². The van der Waals surface area contributed by atoms with Gasteiger partial charge in [0.05, 0.1) is 0 Å². The summed E-state index contributed by atoms with van der Waals surface area (Å²) in [7, 11) is 0. The van der Waals surface area contributed by atoms with E-state index in [2.05, 4.69) is 12.6 Å². The molecular formula is C6H4F2OS. The van der Waals surface area contributed by atoms with Crippen molar-refractivity contribution in [2.24, 2.45) is 0 Å². The molecule has 1 nitrogen and oxygen atoms in total. The number of hydrogen-bond donors (Lipinski definition) is 2. The fourth-order valence-electron chi connectivity index (χ4n) is 0.527. The van der Waals surface area contributed by atoms with Crippen LogP contribution in [0.2, 0.25) is 0 Å². The molecule has 0 unspecified atom stereocenters. The summed E-state index contributed by atoms with van der Waals surface area (Å²) in [5.74, 6) is -2.35. The lowest BCUT2D eigenvalue weighted by Gasteiger charge is -1.96. The molecular weight excluding hydrogens is 158 g/mol. The highest BCUT2D eigenvalue weighted by Crippen LogP contribution is 2.21. The van der Waals surface area contributed by atoms with Crippen LogP contribution in [-0.4, -0.2) is 5.11 Å². The Morgan fingerprint density at radius 2 is 1.80 bits per heavy atom. The molecule has 0 saturated carbocycles. The predicted molar refractivity (Wildman–Crippen MR) is 35.3 cm³/mol. The SMILES string of the molecule is Oc1cc(S)c(F)cc1F. The van der Waals surface area contributed by atoms with Gasteiger partial charge in [0.15, 0.2) is 11.6 Å². The molecule has 0 heterocycles. The van der Waals surface area contributed by atoms with E-state index in [-0.39, 0.29) is 4.90 Å². The number of benzene rings is 1. The van der Waals surface area contributed by atoms with Crippen molar-refractivity contribution in [2.45, 2.75) is 4.90 Å². The van der Waals surface area contributed by atoms with E-state index in [1.807, 2.05) is 0 Å². The lowest BCUT2D eigenvalue weighted by molar-refractivity contribution is 0.424. The lowest BCUT2D eigenvalue weighted by atomic mass is 10.3. The number of phenols is 1. The number of thiol groups is 1. The van der Waals surface area contributed by atoms with Gasteiger partial charge in [0, 0.05) is 11.0 Å². The Morgan fingerprint density at radius 1 is 1.20 bits per heavy atom. The average Bonchev–Trinajstić information content (AvgIpc) is 1.84. The first kappa shape index (κ1) is 7.34. The largest absolute Gasteiger partial charge is 0.505 e. The number of halogens is 2. The van der Waals surface area contributed by atoms with E-state index in [4.69, 9.17) is 5.11 Å². The molecule has 0 radical (unpaired) electrons. The van der Waals surface area contributed by atoms with Crippen LogP contribution in [-0.2, 0) is 0 Å². The molecule has 0 aliphatic rings. The summed E-state index contributed by atoms with van der Waals surface area (Å²) < 4.78 is 24.6. The first-order valence-electron chi connectivity index (χ1n) is 2.48. The van der Waals surface area contributed by atoms with Gasteiger partial charge in [-0.05, 0) is 6.07 Å². The van der Waals surface area contributed by atoms with Crippen molar-refractivity contribution in [3.8, 4) is 5.75 Å². The Hall–Kier alpha value is -0.770.